The minimum absolute atomic E-state index is 0.00533. The Kier molecular flexibility index (Phi) is 6.17. The zero-order chi connectivity index (χ0) is 24.8. The number of pyridine rings is 1. The first-order valence-corrected chi connectivity index (χ1v) is 10.5. The minimum atomic E-state index is -4.78. The third kappa shape index (κ3) is 3.94. The van der Waals surface area contributed by atoms with E-state index in [4.69, 9.17) is 16.7 Å². The molecule has 0 fully saturated rings. The van der Waals surface area contributed by atoms with Gasteiger partial charge in [0.05, 0.1) is 34.3 Å². The zero-order valence-corrected chi connectivity index (χ0v) is 18.7. The molecule has 0 bridgehead atoms. The van der Waals surface area contributed by atoms with Gasteiger partial charge in [-0.1, -0.05) is 11.6 Å². The van der Waals surface area contributed by atoms with Crippen molar-refractivity contribution in [3.05, 3.63) is 75.3 Å². The van der Waals surface area contributed by atoms with Crippen LogP contribution in [0.1, 0.15) is 51.8 Å². The number of halogens is 5. The fourth-order valence-corrected chi connectivity index (χ4v) is 4.18. The highest BCUT2D eigenvalue weighted by molar-refractivity contribution is 6.37. The summed E-state index contributed by atoms with van der Waals surface area (Å²) in [5.74, 6) is -1.11. The van der Waals surface area contributed by atoms with E-state index in [2.05, 4.69) is 20.3 Å². The van der Waals surface area contributed by atoms with E-state index in [1.54, 1.807) is 13.8 Å². The topological polar surface area (TPSA) is 92.4 Å². The SMILES string of the molecule is Cc1c(C(=O)NCCO)nc2n1-c1ccc(C(F)(F)F)c(Cl)c1C(c1ncccc1F)=N[C@H]2C. The molecule has 0 unspecified atom stereocenters. The number of rotatable bonds is 4. The smallest absolute Gasteiger partial charge is 0.395 e. The number of carbonyl (C=O) groups is 1. The molecule has 4 rings (SSSR count). The average molecular weight is 496 g/mol. The van der Waals surface area contributed by atoms with Crippen LogP contribution in [-0.2, 0) is 6.18 Å². The molecule has 1 amide bonds. The van der Waals surface area contributed by atoms with Crippen LogP contribution < -0.4 is 5.32 Å². The van der Waals surface area contributed by atoms with Gasteiger partial charge in [0, 0.05) is 18.3 Å². The summed E-state index contributed by atoms with van der Waals surface area (Å²) in [6.07, 6.45) is -3.48. The minimum Gasteiger partial charge on any atom is -0.395 e. The molecule has 2 N–H and O–H groups in total. The first-order valence-electron chi connectivity index (χ1n) is 10.1. The highest BCUT2D eigenvalue weighted by Crippen LogP contribution is 2.42. The average Bonchev–Trinajstić information content (AvgIpc) is 3.06. The Morgan fingerprint density at radius 2 is 2.03 bits per heavy atom. The molecule has 1 aliphatic heterocycles. The van der Waals surface area contributed by atoms with Gasteiger partial charge in [0.15, 0.2) is 5.82 Å². The van der Waals surface area contributed by atoms with Crippen LogP contribution in [0.3, 0.4) is 0 Å². The van der Waals surface area contributed by atoms with Crippen LogP contribution in [0.25, 0.3) is 5.69 Å². The summed E-state index contributed by atoms with van der Waals surface area (Å²) in [4.78, 5) is 25.4. The molecule has 1 aliphatic rings. The quantitative estimate of drug-likeness (QED) is 0.535. The van der Waals surface area contributed by atoms with E-state index in [1.807, 2.05) is 0 Å². The number of nitrogens with zero attached hydrogens (tertiary/aromatic N) is 4. The molecule has 0 saturated heterocycles. The number of alkyl halides is 3. The van der Waals surface area contributed by atoms with E-state index >= 15 is 0 Å². The molecule has 12 heteroatoms. The number of fused-ring (bicyclic) bond motifs is 3. The summed E-state index contributed by atoms with van der Waals surface area (Å²) in [5, 5.41) is 10.8. The number of aliphatic imine (C=N–C) groups is 1. The molecule has 34 heavy (non-hydrogen) atoms. The maximum absolute atomic E-state index is 14.7. The Balaban J connectivity index is 2.05. The summed E-state index contributed by atoms with van der Waals surface area (Å²) in [7, 11) is 0. The molecule has 3 aromatic rings. The second kappa shape index (κ2) is 8.80. The highest BCUT2D eigenvalue weighted by Gasteiger charge is 2.38. The number of carbonyl (C=O) groups excluding carboxylic acids is 1. The second-order valence-electron chi connectivity index (χ2n) is 7.53. The predicted octanol–water partition coefficient (Wildman–Crippen LogP) is 4.02. The van der Waals surface area contributed by atoms with E-state index < -0.39 is 34.5 Å². The van der Waals surface area contributed by atoms with Crippen LogP contribution in [0.15, 0.2) is 35.5 Å². The number of hydrogen-bond donors (Lipinski definition) is 2. The predicted molar refractivity (Wildman–Crippen MR) is 116 cm³/mol. The fourth-order valence-electron chi connectivity index (χ4n) is 3.83. The third-order valence-corrected chi connectivity index (χ3v) is 5.72. The lowest BCUT2D eigenvalue weighted by atomic mass is 10.00. The number of imidazole rings is 1. The van der Waals surface area contributed by atoms with E-state index in [0.717, 1.165) is 12.1 Å². The summed E-state index contributed by atoms with van der Waals surface area (Å²) in [6.45, 7) is 2.89. The van der Waals surface area contributed by atoms with Crippen LogP contribution in [-0.4, -0.2) is 44.4 Å². The molecule has 0 aliphatic carbocycles. The monoisotopic (exact) mass is 495 g/mol. The molecule has 0 radical (unpaired) electrons. The summed E-state index contributed by atoms with van der Waals surface area (Å²) >= 11 is 6.29. The zero-order valence-electron chi connectivity index (χ0n) is 17.9. The van der Waals surface area contributed by atoms with E-state index in [0.29, 0.717) is 5.69 Å². The van der Waals surface area contributed by atoms with Gasteiger partial charge in [-0.15, -0.1) is 0 Å². The van der Waals surface area contributed by atoms with Crippen molar-refractivity contribution in [3.63, 3.8) is 0 Å². The second-order valence-corrected chi connectivity index (χ2v) is 7.90. The van der Waals surface area contributed by atoms with Gasteiger partial charge in [-0.2, -0.15) is 13.2 Å². The van der Waals surface area contributed by atoms with Crippen molar-refractivity contribution in [2.75, 3.05) is 13.2 Å². The van der Waals surface area contributed by atoms with Crippen molar-refractivity contribution >= 4 is 23.2 Å². The van der Waals surface area contributed by atoms with Gasteiger partial charge in [-0.3, -0.25) is 19.3 Å². The van der Waals surface area contributed by atoms with Gasteiger partial charge in [0.2, 0.25) is 0 Å². The number of aliphatic hydroxyl groups excluding tert-OH is 1. The lowest BCUT2D eigenvalue weighted by Crippen LogP contribution is -2.27. The molecule has 3 heterocycles. The Bertz CT molecular complexity index is 1320. The number of hydrogen-bond acceptors (Lipinski definition) is 5. The van der Waals surface area contributed by atoms with E-state index in [-0.39, 0.29) is 47.3 Å². The summed E-state index contributed by atoms with van der Waals surface area (Å²) in [6, 6.07) is 3.67. The van der Waals surface area contributed by atoms with Crippen molar-refractivity contribution in [2.45, 2.75) is 26.1 Å². The molecule has 178 valence electrons. The largest absolute Gasteiger partial charge is 0.417 e. The van der Waals surface area contributed by atoms with Gasteiger partial charge >= 0.3 is 6.18 Å². The van der Waals surface area contributed by atoms with Crippen LogP contribution in [0.4, 0.5) is 17.6 Å². The van der Waals surface area contributed by atoms with Crippen LogP contribution in [0.5, 0.6) is 0 Å². The van der Waals surface area contributed by atoms with Gasteiger partial charge in [0.1, 0.15) is 23.3 Å². The van der Waals surface area contributed by atoms with Crippen molar-refractivity contribution < 1.29 is 27.5 Å². The molecule has 2 aromatic heterocycles. The maximum atomic E-state index is 14.7. The Morgan fingerprint density at radius 1 is 1.29 bits per heavy atom. The van der Waals surface area contributed by atoms with Gasteiger partial charge < -0.3 is 10.4 Å². The summed E-state index contributed by atoms with van der Waals surface area (Å²) < 4.78 is 57.3. The van der Waals surface area contributed by atoms with Gasteiger partial charge in [0.25, 0.3) is 5.91 Å². The number of nitrogens with one attached hydrogen (secondary N) is 1. The Morgan fingerprint density at radius 3 is 2.68 bits per heavy atom. The van der Waals surface area contributed by atoms with Crippen LogP contribution in [0, 0.1) is 12.7 Å². The number of benzene rings is 1. The Labute approximate surface area is 196 Å². The fraction of sp³-hybridized carbons (Fsp3) is 0.273. The molecule has 1 aromatic carbocycles. The third-order valence-electron chi connectivity index (χ3n) is 5.33. The molecule has 7 nitrogen and oxygen atoms in total. The Hall–Kier alpha value is -3.31. The molecular formula is C22H18ClF4N5O2. The first kappa shape index (κ1) is 23.8. The number of amides is 1. The molecule has 1 atom stereocenters. The van der Waals surface area contributed by atoms with E-state index in [1.165, 1.54) is 22.9 Å². The van der Waals surface area contributed by atoms with Crippen LogP contribution in [0.2, 0.25) is 5.02 Å². The number of aromatic nitrogens is 3. The summed E-state index contributed by atoms with van der Waals surface area (Å²) in [5.41, 5.74) is -1.25. The van der Waals surface area contributed by atoms with Crippen molar-refractivity contribution in [1.82, 2.24) is 19.9 Å². The standard InChI is InChI=1S/C22H18ClF4N5O2/c1-10-20-31-17(21(34)29-8-9-33)11(2)32(20)14-6-5-12(22(25,26)27)16(23)15(14)19(30-10)18-13(24)4-3-7-28-18/h3-7,10,33H,8-9H2,1-2H3,(H,29,34)/t10-/m0/s1. The lowest BCUT2D eigenvalue weighted by molar-refractivity contribution is -0.137. The van der Waals surface area contributed by atoms with Crippen molar-refractivity contribution in [3.8, 4) is 5.69 Å². The maximum Gasteiger partial charge on any atom is 0.417 e. The molecular weight excluding hydrogens is 478 g/mol. The van der Waals surface area contributed by atoms with Crippen molar-refractivity contribution in [2.24, 2.45) is 4.99 Å². The van der Waals surface area contributed by atoms with Crippen molar-refractivity contribution in [1.29, 1.82) is 0 Å². The van der Waals surface area contributed by atoms with Gasteiger partial charge in [-0.05, 0) is 38.1 Å². The van der Waals surface area contributed by atoms with E-state index in [9.17, 15) is 22.4 Å². The first-order chi connectivity index (χ1) is 16.1. The molecule has 0 spiro atoms. The highest BCUT2D eigenvalue weighted by atomic mass is 35.5. The normalized spacial score (nSPS) is 15.3. The number of aliphatic hydroxyl groups is 1. The van der Waals surface area contributed by atoms with Crippen LogP contribution >= 0.6 is 11.6 Å². The van der Waals surface area contributed by atoms with Gasteiger partial charge in [-0.25, -0.2) is 9.37 Å². The molecule has 0 saturated carbocycles. The lowest BCUT2D eigenvalue weighted by Gasteiger charge is -2.18.